The summed E-state index contributed by atoms with van der Waals surface area (Å²) in [5.74, 6) is -2.51. The first-order chi connectivity index (χ1) is 7.16. The Balaban J connectivity index is 1.95. The van der Waals surface area contributed by atoms with Gasteiger partial charge in [0.1, 0.15) is 0 Å². The molecule has 1 aliphatic rings. The van der Waals surface area contributed by atoms with Gasteiger partial charge in [0.2, 0.25) is 0 Å². The van der Waals surface area contributed by atoms with Gasteiger partial charge in [0.25, 0.3) is 5.92 Å². The van der Waals surface area contributed by atoms with Crippen LogP contribution in [-0.4, -0.2) is 23.5 Å². The fourth-order valence-corrected chi connectivity index (χ4v) is 1.91. The zero-order valence-electron chi connectivity index (χ0n) is 8.42. The van der Waals surface area contributed by atoms with Crippen molar-refractivity contribution in [2.24, 2.45) is 0 Å². The first-order valence-electron chi connectivity index (χ1n) is 5.17. The Morgan fingerprint density at radius 2 is 2.33 bits per heavy atom. The van der Waals surface area contributed by atoms with Gasteiger partial charge in [-0.1, -0.05) is 6.07 Å². The average Bonchev–Trinajstić information content (AvgIpc) is 2.17. The number of nitrogens with one attached hydrogen (secondary N) is 1. The van der Waals surface area contributed by atoms with Crippen molar-refractivity contribution in [2.45, 2.75) is 31.2 Å². The number of hydrogen-bond acceptors (Lipinski definition) is 2. The molecule has 0 saturated carbocycles. The van der Waals surface area contributed by atoms with E-state index in [1.54, 1.807) is 6.20 Å². The number of halogens is 2. The molecule has 1 fully saturated rings. The van der Waals surface area contributed by atoms with Crippen LogP contribution in [0.5, 0.6) is 0 Å². The van der Waals surface area contributed by atoms with Crippen LogP contribution in [0.2, 0.25) is 0 Å². The van der Waals surface area contributed by atoms with Crippen LogP contribution in [0, 0.1) is 0 Å². The van der Waals surface area contributed by atoms with Crippen LogP contribution in [0.3, 0.4) is 0 Å². The Kier molecular flexibility index (Phi) is 2.95. The van der Waals surface area contributed by atoms with E-state index in [1.807, 2.05) is 18.2 Å². The van der Waals surface area contributed by atoms with Crippen molar-refractivity contribution in [1.82, 2.24) is 10.3 Å². The van der Waals surface area contributed by atoms with Gasteiger partial charge in [0.15, 0.2) is 0 Å². The lowest BCUT2D eigenvalue weighted by molar-refractivity contribution is -0.0409. The first kappa shape index (κ1) is 10.5. The topological polar surface area (TPSA) is 24.9 Å². The molecule has 2 nitrogen and oxygen atoms in total. The van der Waals surface area contributed by atoms with Crippen molar-refractivity contribution in [3.05, 3.63) is 30.1 Å². The summed E-state index contributed by atoms with van der Waals surface area (Å²) in [5.41, 5.74) is 0.868. The molecule has 0 amide bonds. The van der Waals surface area contributed by atoms with E-state index in [-0.39, 0.29) is 18.9 Å². The average molecular weight is 212 g/mol. The van der Waals surface area contributed by atoms with E-state index in [9.17, 15) is 8.78 Å². The summed E-state index contributed by atoms with van der Waals surface area (Å²) in [5, 5.41) is 3.10. The molecule has 1 aromatic rings. The standard InChI is InChI=1S/C11H14F2N2/c12-11(13)4-6-15-10(8-11)7-9-3-1-2-5-14-9/h1-3,5,10,15H,4,6-8H2. The van der Waals surface area contributed by atoms with Crippen LogP contribution < -0.4 is 5.32 Å². The van der Waals surface area contributed by atoms with Crippen LogP contribution in [0.25, 0.3) is 0 Å². The lowest BCUT2D eigenvalue weighted by Crippen LogP contribution is -2.44. The number of pyridine rings is 1. The quantitative estimate of drug-likeness (QED) is 0.811. The largest absolute Gasteiger partial charge is 0.313 e. The van der Waals surface area contributed by atoms with Gasteiger partial charge in [0.05, 0.1) is 0 Å². The fraction of sp³-hybridized carbons (Fsp3) is 0.545. The Hall–Kier alpha value is -1.03. The van der Waals surface area contributed by atoms with E-state index in [0.29, 0.717) is 13.0 Å². The van der Waals surface area contributed by atoms with Gasteiger partial charge in [-0.05, 0) is 12.1 Å². The van der Waals surface area contributed by atoms with Crippen molar-refractivity contribution >= 4 is 0 Å². The maximum Gasteiger partial charge on any atom is 0.250 e. The van der Waals surface area contributed by atoms with Gasteiger partial charge >= 0.3 is 0 Å². The number of alkyl halides is 2. The third-order valence-corrected chi connectivity index (χ3v) is 2.65. The molecule has 1 N–H and O–H groups in total. The SMILES string of the molecule is FC1(F)CCNC(Cc2ccccn2)C1. The third-order valence-electron chi connectivity index (χ3n) is 2.65. The van der Waals surface area contributed by atoms with Crippen molar-refractivity contribution < 1.29 is 8.78 Å². The molecule has 1 atom stereocenters. The second-order valence-corrected chi connectivity index (χ2v) is 3.99. The maximum absolute atomic E-state index is 13.1. The summed E-state index contributed by atoms with van der Waals surface area (Å²) in [4.78, 5) is 4.14. The fourth-order valence-electron chi connectivity index (χ4n) is 1.91. The molecule has 2 heterocycles. The highest BCUT2D eigenvalue weighted by atomic mass is 19.3. The second kappa shape index (κ2) is 4.23. The lowest BCUT2D eigenvalue weighted by atomic mass is 9.97. The van der Waals surface area contributed by atoms with Gasteiger partial charge < -0.3 is 5.32 Å². The predicted octanol–water partition coefficient (Wildman–Crippen LogP) is 2.01. The van der Waals surface area contributed by atoms with Crippen molar-refractivity contribution in [2.75, 3.05) is 6.54 Å². The number of piperidine rings is 1. The first-order valence-corrected chi connectivity index (χ1v) is 5.17. The van der Waals surface area contributed by atoms with Gasteiger partial charge in [-0.15, -0.1) is 0 Å². The molecule has 0 radical (unpaired) electrons. The maximum atomic E-state index is 13.1. The summed E-state index contributed by atoms with van der Waals surface area (Å²) in [6.45, 7) is 0.393. The smallest absolute Gasteiger partial charge is 0.250 e. The molecular formula is C11H14F2N2. The van der Waals surface area contributed by atoms with Crippen LogP contribution in [0.1, 0.15) is 18.5 Å². The molecule has 1 aliphatic heterocycles. The van der Waals surface area contributed by atoms with E-state index in [2.05, 4.69) is 10.3 Å². The van der Waals surface area contributed by atoms with E-state index >= 15 is 0 Å². The highest BCUT2D eigenvalue weighted by Gasteiger charge is 2.35. The Morgan fingerprint density at radius 3 is 3.00 bits per heavy atom. The zero-order chi connectivity index (χ0) is 10.7. The third kappa shape index (κ3) is 2.96. The highest BCUT2D eigenvalue weighted by Crippen LogP contribution is 2.28. The minimum atomic E-state index is -2.51. The van der Waals surface area contributed by atoms with Crippen LogP contribution >= 0.6 is 0 Å². The van der Waals surface area contributed by atoms with Crippen molar-refractivity contribution in [3.63, 3.8) is 0 Å². The molecule has 1 saturated heterocycles. The van der Waals surface area contributed by atoms with Crippen LogP contribution in [0.15, 0.2) is 24.4 Å². The zero-order valence-corrected chi connectivity index (χ0v) is 8.42. The monoisotopic (exact) mass is 212 g/mol. The lowest BCUT2D eigenvalue weighted by Gasteiger charge is -2.29. The minimum absolute atomic E-state index is 0.0499. The van der Waals surface area contributed by atoms with Crippen molar-refractivity contribution in [1.29, 1.82) is 0 Å². The molecule has 0 spiro atoms. The number of nitrogens with zero attached hydrogens (tertiary/aromatic N) is 1. The number of hydrogen-bond donors (Lipinski definition) is 1. The second-order valence-electron chi connectivity index (χ2n) is 3.99. The van der Waals surface area contributed by atoms with Crippen LogP contribution in [-0.2, 0) is 6.42 Å². The molecule has 0 aromatic carbocycles. The van der Waals surface area contributed by atoms with E-state index in [1.165, 1.54) is 0 Å². The van der Waals surface area contributed by atoms with Gasteiger partial charge in [-0.2, -0.15) is 0 Å². The van der Waals surface area contributed by atoms with Gasteiger partial charge in [-0.3, -0.25) is 4.98 Å². The summed E-state index contributed by atoms with van der Waals surface area (Å²) in [6, 6.07) is 5.42. The Morgan fingerprint density at radius 1 is 1.47 bits per heavy atom. The normalized spacial score (nSPS) is 25.1. The number of aromatic nitrogens is 1. The molecule has 82 valence electrons. The Labute approximate surface area is 87.7 Å². The molecular weight excluding hydrogens is 198 g/mol. The molecule has 2 rings (SSSR count). The number of rotatable bonds is 2. The summed E-state index contributed by atoms with van der Waals surface area (Å²) in [7, 11) is 0. The van der Waals surface area contributed by atoms with Gasteiger partial charge in [0, 0.05) is 43.7 Å². The molecule has 1 unspecified atom stereocenters. The predicted molar refractivity (Wildman–Crippen MR) is 53.9 cm³/mol. The minimum Gasteiger partial charge on any atom is -0.313 e. The highest BCUT2D eigenvalue weighted by molar-refractivity contribution is 5.06. The van der Waals surface area contributed by atoms with Gasteiger partial charge in [-0.25, -0.2) is 8.78 Å². The van der Waals surface area contributed by atoms with E-state index in [0.717, 1.165) is 5.69 Å². The summed E-state index contributed by atoms with van der Waals surface area (Å²) < 4.78 is 26.2. The van der Waals surface area contributed by atoms with Crippen LogP contribution in [0.4, 0.5) is 8.78 Å². The molecule has 4 heteroatoms. The Bertz CT molecular complexity index is 314. The van der Waals surface area contributed by atoms with E-state index < -0.39 is 5.92 Å². The molecule has 0 aliphatic carbocycles. The summed E-state index contributed by atoms with van der Waals surface area (Å²) >= 11 is 0. The molecule has 0 bridgehead atoms. The molecule has 15 heavy (non-hydrogen) atoms. The summed E-state index contributed by atoms with van der Waals surface area (Å²) in [6.07, 6.45) is 2.14. The van der Waals surface area contributed by atoms with E-state index in [4.69, 9.17) is 0 Å². The van der Waals surface area contributed by atoms with Crippen molar-refractivity contribution in [3.8, 4) is 0 Å². The molecule has 1 aromatic heterocycles.